The summed E-state index contributed by atoms with van der Waals surface area (Å²) in [7, 11) is -0.722. The van der Waals surface area contributed by atoms with Crippen LogP contribution in [0.2, 0.25) is 23.2 Å². The lowest BCUT2D eigenvalue weighted by atomic mass is 9.99. The van der Waals surface area contributed by atoms with Gasteiger partial charge in [0.1, 0.15) is 11.5 Å². The van der Waals surface area contributed by atoms with Crippen molar-refractivity contribution in [3.8, 4) is 22.6 Å². The number of hydrogen-bond acceptors (Lipinski definition) is 7. The number of halogens is 1. The van der Waals surface area contributed by atoms with Crippen LogP contribution >= 0.6 is 11.6 Å². The predicted molar refractivity (Wildman–Crippen MR) is 222 cm³/mol. The van der Waals surface area contributed by atoms with E-state index in [1.165, 1.54) is 6.07 Å². The topological polar surface area (TPSA) is 162 Å². The molecule has 1 atom stereocenters. The van der Waals surface area contributed by atoms with Crippen molar-refractivity contribution in [1.29, 1.82) is 0 Å². The number of aryl methyl sites for hydroxylation is 1. The molecule has 0 saturated heterocycles. The highest BCUT2D eigenvalue weighted by molar-refractivity contribution is 6.74. The van der Waals surface area contributed by atoms with Crippen LogP contribution in [-0.2, 0) is 22.2 Å². The number of benzene rings is 4. The number of aromatic nitrogens is 1. The van der Waals surface area contributed by atoms with Crippen molar-refractivity contribution in [2.75, 3.05) is 24.3 Å². The molecule has 0 bridgehead atoms. The second-order valence-corrected chi connectivity index (χ2v) is 20.2. The Balaban J connectivity index is 1.25. The van der Waals surface area contributed by atoms with E-state index < -0.39 is 20.5 Å². The summed E-state index contributed by atoms with van der Waals surface area (Å²) in [4.78, 5) is 39.4. The van der Waals surface area contributed by atoms with Crippen molar-refractivity contribution in [2.24, 2.45) is 0 Å². The smallest absolute Gasteiger partial charge is 0.409 e. The fourth-order valence-corrected chi connectivity index (χ4v) is 7.65. The summed E-state index contributed by atoms with van der Waals surface area (Å²) in [5.74, 6) is 0.311. The lowest BCUT2D eigenvalue weighted by Crippen LogP contribution is -2.43. The Morgan fingerprint density at radius 1 is 0.945 bits per heavy atom. The third-order valence-electron chi connectivity index (χ3n) is 10.1. The molecular formula is C42H49ClN4O7Si. The number of carbonyl (C=O) groups excluding carboxylic acids is 1. The monoisotopic (exact) mass is 784 g/mol. The average molecular weight is 785 g/mol. The van der Waals surface area contributed by atoms with Gasteiger partial charge in [0.05, 0.1) is 35.1 Å². The van der Waals surface area contributed by atoms with Crippen LogP contribution < -0.4 is 26.2 Å². The number of aromatic hydroxyl groups is 1. The second kappa shape index (κ2) is 17.5. The summed E-state index contributed by atoms with van der Waals surface area (Å²) in [5, 5.41) is 29.8. The highest BCUT2D eigenvalue weighted by Gasteiger charge is 2.39. The van der Waals surface area contributed by atoms with Gasteiger partial charge in [-0.1, -0.05) is 80.9 Å². The number of fused-ring (bicyclic) bond motifs is 1. The van der Waals surface area contributed by atoms with Gasteiger partial charge in [-0.15, -0.1) is 0 Å². The molecule has 0 aliphatic heterocycles. The third kappa shape index (κ3) is 10.3. The molecule has 11 nitrogen and oxygen atoms in total. The number of carbonyl (C=O) groups is 2. The van der Waals surface area contributed by atoms with Gasteiger partial charge < -0.3 is 35.0 Å². The zero-order valence-corrected chi connectivity index (χ0v) is 33.8. The lowest BCUT2D eigenvalue weighted by molar-refractivity contribution is -0.116. The summed E-state index contributed by atoms with van der Waals surface area (Å²) in [5.41, 5.74) is 5.16. The van der Waals surface area contributed by atoms with Crippen LogP contribution in [0.4, 0.5) is 16.2 Å². The van der Waals surface area contributed by atoms with E-state index in [4.69, 9.17) is 20.8 Å². The van der Waals surface area contributed by atoms with Gasteiger partial charge in [0.2, 0.25) is 11.5 Å². The summed E-state index contributed by atoms with van der Waals surface area (Å²) >= 11 is 6.70. The molecule has 55 heavy (non-hydrogen) atoms. The van der Waals surface area contributed by atoms with Crippen molar-refractivity contribution in [3.63, 3.8) is 0 Å². The van der Waals surface area contributed by atoms with Crippen molar-refractivity contribution >= 4 is 54.2 Å². The quantitative estimate of drug-likeness (QED) is 0.0572. The minimum Gasteiger partial charge on any atom is -0.506 e. The number of pyridine rings is 1. The summed E-state index contributed by atoms with van der Waals surface area (Å²) in [6.45, 7) is 11.7. The predicted octanol–water partition coefficient (Wildman–Crippen LogP) is 9.47. The number of phenols is 1. The number of anilines is 2. The van der Waals surface area contributed by atoms with Gasteiger partial charge in [0.15, 0.2) is 8.32 Å². The Kier molecular flexibility index (Phi) is 13.1. The van der Waals surface area contributed by atoms with E-state index in [1.54, 1.807) is 37.4 Å². The van der Waals surface area contributed by atoms with Crippen LogP contribution in [-0.4, -0.2) is 49.2 Å². The van der Waals surface area contributed by atoms with Crippen LogP contribution in [0.5, 0.6) is 11.5 Å². The zero-order chi connectivity index (χ0) is 39.9. The van der Waals surface area contributed by atoms with E-state index in [-0.39, 0.29) is 28.7 Å². The molecule has 2 amide bonds. The molecule has 1 heterocycles. The first-order chi connectivity index (χ1) is 26.1. The summed E-state index contributed by atoms with van der Waals surface area (Å²) in [6, 6.07) is 25.2. The van der Waals surface area contributed by atoms with Gasteiger partial charge in [-0.3, -0.25) is 14.9 Å². The zero-order valence-electron chi connectivity index (χ0n) is 32.0. The Hall–Kier alpha value is -5.14. The molecule has 0 unspecified atom stereocenters. The van der Waals surface area contributed by atoms with Crippen molar-refractivity contribution < 1.29 is 29.0 Å². The first kappa shape index (κ1) is 41.0. The Labute approximate surface area is 327 Å². The number of ether oxygens (including phenoxy) is 1. The third-order valence-corrected chi connectivity index (χ3v) is 14.9. The Bertz CT molecular complexity index is 2220. The minimum atomic E-state index is -2.28. The van der Waals surface area contributed by atoms with E-state index in [9.17, 15) is 24.6 Å². The van der Waals surface area contributed by atoms with E-state index in [0.29, 0.717) is 59.0 Å². The molecule has 0 aliphatic rings. The summed E-state index contributed by atoms with van der Waals surface area (Å²) < 4.78 is 12.6. The molecule has 5 aromatic rings. The van der Waals surface area contributed by atoms with Crippen LogP contribution in [0.3, 0.4) is 0 Å². The number of methoxy groups -OCH3 is 1. The van der Waals surface area contributed by atoms with Gasteiger partial charge >= 0.3 is 6.09 Å². The number of H-pyrrole nitrogens is 1. The highest BCUT2D eigenvalue weighted by Crippen LogP contribution is 2.41. The maximum Gasteiger partial charge on any atom is 0.409 e. The Morgan fingerprint density at radius 3 is 2.38 bits per heavy atom. The fraction of sp³-hybridized carbons (Fsp3) is 0.310. The highest BCUT2D eigenvalue weighted by atomic mass is 35.5. The van der Waals surface area contributed by atoms with Gasteiger partial charge in [-0.25, -0.2) is 4.79 Å². The van der Waals surface area contributed by atoms with Crippen molar-refractivity contribution in [1.82, 2.24) is 10.3 Å². The van der Waals surface area contributed by atoms with E-state index >= 15 is 0 Å². The molecule has 0 saturated carbocycles. The van der Waals surface area contributed by atoms with Crippen LogP contribution in [0, 0.1) is 0 Å². The molecule has 290 valence electrons. The molecule has 0 fully saturated rings. The van der Waals surface area contributed by atoms with E-state index in [2.05, 4.69) is 54.8 Å². The van der Waals surface area contributed by atoms with Crippen molar-refractivity contribution in [2.45, 2.75) is 70.8 Å². The standard InChI is InChI=1S/C42H49ClN4O7Si/c1-42(2,3)55(5,6)54-37(30-17-19-35(48)40-31(30)18-20-39(50)47-40)25-44-24-28-22-32(43)34(23-36(28)53-4)45-38(49)14-10-11-26-15-16-29(27-12-8-7-9-13-27)33(21-26)46-41(51)52/h7-9,12-13,15-23,37,44,46,48H,10-11,14,24-25H2,1-6H3,(H,45,49)(H,47,50)(H,51,52)/t37-/m1/s1. The summed E-state index contributed by atoms with van der Waals surface area (Å²) in [6.07, 6.45) is -0.234. The fourth-order valence-electron chi connectivity index (χ4n) is 6.14. The van der Waals surface area contributed by atoms with Gasteiger partial charge in [0, 0.05) is 48.2 Å². The number of rotatable bonds is 15. The molecule has 0 spiro atoms. The van der Waals surface area contributed by atoms with Crippen LogP contribution in [0.25, 0.3) is 22.0 Å². The molecule has 5 rings (SSSR count). The number of hydrogen-bond donors (Lipinski definition) is 6. The molecule has 0 radical (unpaired) electrons. The first-order valence-electron chi connectivity index (χ1n) is 18.1. The van der Waals surface area contributed by atoms with Gasteiger partial charge in [-0.05, 0) is 71.9 Å². The second-order valence-electron chi connectivity index (χ2n) is 15.0. The van der Waals surface area contributed by atoms with Crippen LogP contribution in [0.15, 0.2) is 89.7 Å². The number of carboxylic acid groups (broad SMARTS) is 1. The molecule has 6 N–H and O–H groups in total. The first-order valence-corrected chi connectivity index (χ1v) is 21.4. The molecule has 13 heteroatoms. The van der Waals surface area contributed by atoms with E-state index in [1.807, 2.05) is 48.5 Å². The number of amides is 2. The maximum absolute atomic E-state index is 13.0. The normalized spacial score (nSPS) is 12.3. The lowest BCUT2D eigenvalue weighted by Gasteiger charge is -2.39. The van der Waals surface area contributed by atoms with Gasteiger partial charge in [-0.2, -0.15) is 0 Å². The van der Waals surface area contributed by atoms with Gasteiger partial charge in [0.25, 0.3) is 0 Å². The maximum atomic E-state index is 13.0. The molecular weight excluding hydrogens is 736 g/mol. The molecule has 4 aromatic carbocycles. The van der Waals surface area contributed by atoms with E-state index in [0.717, 1.165) is 27.8 Å². The number of nitrogens with one attached hydrogen (secondary N) is 4. The number of phenolic OH excluding ortho intramolecular Hbond substituents is 1. The minimum absolute atomic E-state index is 0.0139. The van der Waals surface area contributed by atoms with Crippen LogP contribution in [0.1, 0.15) is 56.4 Å². The Morgan fingerprint density at radius 2 is 1.69 bits per heavy atom. The largest absolute Gasteiger partial charge is 0.506 e. The molecule has 0 aliphatic carbocycles. The number of aromatic amines is 1. The molecule has 1 aromatic heterocycles. The SMILES string of the molecule is COc1cc(NC(=O)CCCc2ccc(-c3ccccc3)c(NC(=O)O)c2)c(Cl)cc1CNC[C@@H](O[Si](C)(C)C(C)(C)C)c1ccc(O)c2[nH]c(=O)ccc12. The average Bonchev–Trinajstić information content (AvgIpc) is 3.12. The van der Waals surface area contributed by atoms with Crippen molar-refractivity contribution in [3.05, 3.63) is 117 Å².